The highest BCUT2D eigenvalue weighted by Crippen LogP contribution is 2.39. The molecule has 0 fully saturated rings. The summed E-state index contributed by atoms with van der Waals surface area (Å²) in [7, 11) is 0. The van der Waals surface area contributed by atoms with Crippen molar-refractivity contribution in [3.8, 4) is 0 Å². The molecule has 4 nitrogen and oxygen atoms in total. The highest BCUT2D eigenvalue weighted by atomic mass is 35.5. The zero-order valence-electron chi connectivity index (χ0n) is 9.95. The van der Waals surface area contributed by atoms with Crippen LogP contribution in [0.4, 0.5) is 11.4 Å². The Morgan fingerprint density at radius 2 is 2.26 bits per heavy atom. The van der Waals surface area contributed by atoms with E-state index in [0.29, 0.717) is 0 Å². The molecule has 1 atom stereocenters. The van der Waals surface area contributed by atoms with Gasteiger partial charge in [0.25, 0.3) is 5.69 Å². The van der Waals surface area contributed by atoms with Crippen LogP contribution in [0.5, 0.6) is 0 Å². The molecular weight excluding hydrogens is 284 g/mol. The van der Waals surface area contributed by atoms with Gasteiger partial charge in [-0.1, -0.05) is 17.7 Å². The molecule has 0 aliphatic carbocycles. The summed E-state index contributed by atoms with van der Waals surface area (Å²) in [6.07, 6.45) is 0.797. The fourth-order valence-corrected chi connectivity index (χ4v) is 3.48. The smallest absolute Gasteiger partial charge is 0.269 e. The van der Waals surface area contributed by atoms with Crippen molar-refractivity contribution < 1.29 is 4.92 Å². The van der Waals surface area contributed by atoms with E-state index in [-0.39, 0.29) is 16.1 Å². The topological polar surface area (TPSA) is 46.4 Å². The van der Waals surface area contributed by atoms with Crippen molar-refractivity contribution in [3.05, 3.63) is 56.3 Å². The maximum absolute atomic E-state index is 10.8. The number of benzene rings is 1. The van der Waals surface area contributed by atoms with Gasteiger partial charge >= 0.3 is 0 Å². The number of nitro benzene ring substituents is 1. The van der Waals surface area contributed by atoms with Crippen molar-refractivity contribution in [2.75, 3.05) is 11.4 Å². The molecule has 6 heteroatoms. The van der Waals surface area contributed by atoms with Gasteiger partial charge in [0, 0.05) is 29.2 Å². The van der Waals surface area contributed by atoms with Crippen molar-refractivity contribution in [2.24, 2.45) is 0 Å². The van der Waals surface area contributed by atoms with Crippen LogP contribution >= 0.6 is 22.9 Å². The molecule has 0 bridgehead atoms. The molecule has 0 radical (unpaired) electrons. The minimum absolute atomic E-state index is 0.142. The van der Waals surface area contributed by atoms with Crippen LogP contribution in [0.2, 0.25) is 0 Å². The molecule has 0 N–H and O–H groups in total. The van der Waals surface area contributed by atoms with Crippen LogP contribution in [0.1, 0.15) is 15.9 Å². The largest absolute Gasteiger partial charge is 0.350 e. The van der Waals surface area contributed by atoms with E-state index in [9.17, 15) is 10.1 Å². The summed E-state index contributed by atoms with van der Waals surface area (Å²) in [4.78, 5) is 13.6. The van der Waals surface area contributed by atoms with Gasteiger partial charge in [0.2, 0.25) is 0 Å². The molecular formula is C13H11ClN2O2S. The molecule has 1 aliphatic heterocycles. The maximum atomic E-state index is 10.8. The lowest BCUT2D eigenvalue weighted by Gasteiger charge is -2.24. The number of fused-ring (bicyclic) bond motifs is 1. The molecule has 2 heterocycles. The molecule has 0 saturated carbocycles. The van der Waals surface area contributed by atoms with E-state index in [1.54, 1.807) is 23.5 Å². The molecule has 0 saturated heterocycles. The Morgan fingerprint density at radius 3 is 2.95 bits per heavy atom. The van der Waals surface area contributed by atoms with Crippen LogP contribution in [0.15, 0.2) is 35.7 Å². The van der Waals surface area contributed by atoms with E-state index < -0.39 is 0 Å². The average Bonchev–Trinajstić information content (AvgIpc) is 3.06. The molecule has 2 aromatic rings. The summed E-state index contributed by atoms with van der Waals surface area (Å²) in [6.45, 7) is 0.794. The summed E-state index contributed by atoms with van der Waals surface area (Å²) < 4.78 is 0. The Balaban J connectivity index is 1.92. The van der Waals surface area contributed by atoms with Gasteiger partial charge in [-0.2, -0.15) is 0 Å². The lowest BCUT2D eigenvalue weighted by Crippen LogP contribution is -2.22. The molecule has 3 rings (SSSR count). The molecule has 1 aromatic heterocycles. The van der Waals surface area contributed by atoms with Crippen molar-refractivity contribution in [3.63, 3.8) is 0 Å². The number of non-ortho nitro benzene ring substituents is 1. The summed E-state index contributed by atoms with van der Waals surface area (Å²) in [6, 6.07) is 8.96. The van der Waals surface area contributed by atoms with Gasteiger partial charge < -0.3 is 4.90 Å². The number of alkyl halides is 1. The number of nitrogens with zero attached hydrogens (tertiary/aromatic N) is 2. The van der Waals surface area contributed by atoms with Gasteiger partial charge in [0.05, 0.1) is 4.92 Å². The quantitative estimate of drug-likeness (QED) is 0.372. The van der Waals surface area contributed by atoms with Crippen molar-refractivity contribution in [2.45, 2.75) is 11.9 Å². The first-order valence-electron chi connectivity index (χ1n) is 5.88. The van der Waals surface area contributed by atoms with Crippen LogP contribution < -0.4 is 4.90 Å². The van der Waals surface area contributed by atoms with Gasteiger partial charge in [0.1, 0.15) is 5.50 Å². The second-order valence-electron chi connectivity index (χ2n) is 4.36. The maximum Gasteiger partial charge on any atom is 0.269 e. The lowest BCUT2D eigenvalue weighted by molar-refractivity contribution is -0.384. The Kier molecular flexibility index (Phi) is 3.16. The van der Waals surface area contributed by atoms with E-state index in [1.807, 2.05) is 17.5 Å². The number of thiophene rings is 1. The van der Waals surface area contributed by atoms with Crippen LogP contribution in [0.3, 0.4) is 0 Å². The Morgan fingerprint density at radius 1 is 1.42 bits per heavy atom. The van der Waals surface area contributed by atoms with Gasteiger partial charge in [-0.25, -0.2) is 0 Å². The summed E-state index contributed by atoms with van der Waals surface area (Å²) >= 11 is 8.11. The number of hydrogen-bond acceptors (Lipinski definition) is 4. The number of hydrogen-bond donors (Lipinski definition) is 0. The number of halogens is 1. The molecule has 1 aromatic carbocycles. The zero-order valence-corrected chi connectivity index (χ0v) is 11.5. The predicted octanol–water partition coefficient (Wildman–Crippen LogP) is 3.96. The van der Waals surface area contributed by atoms with Gasteiger partial charge in [0.15, 0.2) is 0 Å². The highest BCUT2D eigenvalue weighted by Gasteiger charge is 2.27. The van der Waals surface area contributed by atoms with E-state index in [0.717, 1.165) is 29.1 Å². The van der Waals surface area contributed by atoms with E-state index in [2.05, 4.69) is 4.90 Å². The fourth-order valence-electron chi connectivity index (χ4n) is 2.34. The normalized spacial score (nSPS) is 15.3. The summed E-state index contributed by atoms with van der Waals surface area (Å²) in [5, 5.41) is 12.8. The molecule has 1 aliphatic rings. The van der Waals surface area contributed by atoms with Gasteiger partial charge in [-0.3, -0.25) is 10.1 Å². The lowest BCUT2D eigenvalue weighted by atomic mass is 10.1. The monoisotopic (exact) mass is 294 g/mol. The van der Waals surface area contributed by atoms with Gasteiger partial charge in [-0.05, 0) is 29.5 Å². The first-order valence-corrected chi connectivity index (χ1v) is 7.20. The highest BCUT2D eigenvalue weighted by molar-refractivity contribution is 7.10. The molecule has 0 amide bonds. The van der Waals surface area contributed by atoms with Crippen molar-refractivity contribution >= 4 is 34.3 Å². The minimum Gasteiger partial charge on any atom is -0.350 e. The van der Waals surface area contributed by atoms with E-state index >= 15 is 0 Å². The number of anilines is 1. The number of nitro groups is 1. The third kappa shape index (κ3) is 2.19. The van der Waals surface area contributed by atoms with Crippen LogP contribution in [-0.4, -0.2) is 11.5 Å². The second kappa shape index (κ2) is 4.83. The van der Waals surface area contributed by atoms with E-state index in [1.165, 1.54) is 6.07 Å². The van der Waals surface area contributed by atoms with Gasteiger partial charge in [-0.15, -0.1) is 11.3 Å². The summed E-state index contributed by atoms with van der Waals surface area (Å²) in [5.41, 5.74) is 1.93. The van der Waals surface area contributed by atoms with E-state index in [4.69, 9.17) is 11.6 Å². The number of rotatable bonds is 3. The molecule has 98 valence electrons. The van der Waals surface area contributed by atoms with Crippen LogP contribution in [-0.2, 0) is 6.42 Å². The Hall–Kier alpha value is -1.59. The summed E-state index contributed by atoms with van der Waals surface area (Å²) in [5.74, 6) is 0. The Labute approximate surface area is 119 Å². The SMILES string of the molecule is O=[N+]([O-])c1ccc2c(c1)CCN2C(Cl)c1cccs1. The fraction of sp³-hybridized carbons (Fsp3) is 0.231. The van der Waals surface area contributed by atoms with Crippen molar-refractivity contribution in [1.82, 2.24) is 0 Å². The first kappa shape index (κ1) is 12.4. The second-order valence-corrected chi connectivity index (χ2v) is 5.76. The predicted molar refractivity (Wildman–Crippen MR) is 77.1 cm³/mol. The van der Waals surface area contributed by atoms with Crippen LogP contribution in [0.25, 0.3) is 0 Å². The third-order valence-corrected chi connectivity index (χ3v) is 4.78. The zero-order chi connectivity index (χ0) is 13.4. The van der Waals surface area contributed by atoms with Crippen LogP contribution in [0, 0.1) is 10.1 Å². The van der Waals surface area contributed by atoms with Crippen molar-refractivity contribution in [1.29, 1.82) is 0 Å². The molecule has 1 unspecified atom stereocenters. The third-order valence-electron chi connectivity index (χ3n) is 3.26. The minimum atomic E-state index is -0.361. The average molecular weight is 295 g/mol. The first-order chi connectivity index (χ1) is 9.16. The molecule has 0 spiro atoms. The Bertz CT molecular complexity index is 615. The molecule has 19 heavy (non-hydrogen) atoms. The standard InChI is InChI=1S/C13H11ClN2O2S/c14-13(12-2-1-7-19-12)15-6-5-9-8-10(16(17)18)3-4-11(9)15/h1-4,7-8,13H,5-6H2.